The highest BCUT2D eigenvalue weighted by Gasteiger charge is 2.25. The number of hydrogen-bond donors (Lipinski definition) is 3. The summed E-state index contributed by atoms with van der Waals surface area (Å²) in [5.41, 5.74) is 3.68. The van der Waals surface area contributed by atoms with E-state index in [1.165, 1.54) is 11.8 Å². The lowest BCUT2D eigenvalue weighted by Crippen LogP contribution is -2.49. The molecule has 2 heterocycles. The standard InChI is InChI=1S/C16H18N4O2S/c1-9-10(2)18-15(17-9)11-3-5-12(6-4-11)19-16(22)13-7-23-8-14(21)20-13/h3-6,13H,7-8H2,1-2H3,(H,17,18)(H,19,22)(H,20,21)/t13-/m0/s1. The fourth-order valence-electron chi connectivity index (χ4n) is 2.31. The van der Waals surface area contributed by atoms with Crippen LogP contribution in [0.3, 0.4) is 0 Å². The Kier molecular flexibility index (Phi) is 4.38. The van der Waals surface area contributed by atoms with Crippen molar-refractivity contribution < 1.29 is 9.59 Å². The number of amides is 2. The van der Waals surface area contributed by atoms with Gasteiger partial charge < -0.3 is 15.6 Å². The number of nitrogens with zero attached hydrogens (tertiary/aromatic N) is 1. The van der Waals surface area contributed by atoms with Gasteiger partial charge in [-0.25, -0.2) is 4.98 Å². The normalized spacial score (nSPS) is 17.7. The van der Waals surface area contributed by atoms with Crippen molar-refractivity contribution in [1.29, 1.82) is 0 Å². The molecular weight excluding hydrogens is 312 g/mol. The highest BCUT2D eigenvalue weighted by atomic mass is 32.2. The number of nitrogens with one attached hydrogen (secondary N) is 3. The first-order chi connectivity index (χ1) is 11.0. The van der Waals surface area contributed by atoms with E-state index in [2.05, 4.69) is 20.6 Å². The number of anilines is 1. The first-order valence-corrected chi connectivity index (χ1v) is 8.50. The number of imidazole rings is 1. The van der Waals surface area contributed by atoms with Gasteiger partial charge in [0.25, 0.3) is 0 Å². The maximum Gasteiger partial charge on any atom is 0.247 e. The monoisotopic (exact) mass is 330 g/mol. The number of benzene rings is 1. The second kappa shape index (κ2) is 6.45. The lowest BCUT2D eigenvalue weighted by atomic mass is 10.2. The smallest absolute Gasteiger partial charge is 0.247 e. The third-order valence-corrected chi connectivity index (χ3v) is 4.76. The first kappa shape index (κ1) is 15.6. The highest BCUT2D eigenvalue weighted by Crippen LogP contribution is 2.20. The van der Waals surface area contributed by atoms with Crippen LogP contribution >= 0.6 is 11.8 Å². The van der Waals surface area contributed by atoms with Crippen molar-refractivity contribution in [2.24, 2.45) is 0 Å². The average molecular weight is 330 g/mol. The van der Waals surface area contributed by atoms with Gasteiger partial charge in [-0.3, -0.25) is 9.59 Å². The third-order valence-electron chi connectivity index (χ3n) is 3.72. The Labute approximate surface area is 138 Å². The topological polar surface area (TPSA) is 86.9 Å². The van der Waals surface area contributed by atoms with Gasteiger partial charge in [0.2, 0.25) is 11.8 Å². The molecule has 7 heteroatoms. The van der Waals surface area contributed by atoms with Crippen LogP contribution in [0.25, 0.3) is 11.4 Å². The molecule has 0 unspecified atom stereocenters. The Morgan fingerprint density at radius 1 is 1.30 bits per heavy atom. The number of aromatic nitrogens is 2. The van der Waals surface area contributed by atoms with Crippen LogP contribution in [-0.2, 0) is 9.59 Å². The summed E-state index contributed by atoms with van der Waals surface area (Å²) in [5.74, 6) is 1.54. The second-order valence-electron chi connectivity index (χ2n) is 5.50. The van der Waals surface area contributed by atoms with Crippen LogP contribution in [0.2, 0.25) is 0 Å². The number of H-pyrrole nitrogens is 1. The second-order valence-corrected chi connectivity index (χ2v) is 6.53. The van der Waals surface area contributed by atoms with E-state index in [1.807, 2.05) is 38.1 Å². The molecular formula is C16H18N4O2S. The van der Waals surface area contributed by atoms with Gasteiger partial charge in [-0.1, -0.05) is 0 Å². The van der Waals surface area contributed by atoms with Crippen LogP contribution in [0.4, 0.5) is 5.69 Å². The molecule has 0 spiro atoms. The zero-order valence-electron chi connectivity index (χ0n) is 13.0. The van der Waals surface area contributed by atoms with E-state index < -0.39 is 6.04 Å². The molecule has 120 valence electrons. The van der Waals surface area contributed by atoms with E-state index in [0.717, 1.165) is 22.8 Å². The van der Waals surface area contributed by atoms with Crippen molar-refractivity contribution in [1.82, 2.24) is 15.3 Å². The summed E-state index contributed by atoms with van der Waals surface area (Å²) in [6.07, 6.45) is 0. The summed E-state index contributed by atoms with van der Waals surface area (Å²) >= 11 is 1.47. The minimum absolute atomic E-state index is 0.0969. The zero-order valence-corrected chi connectivity index (χ0v) is 13.8. The predicted molar refractivity (Wildman–Crippen MR) is 91.4 cm³/mol. The summed E-state index contributed by atoms with van der Waals surface area (Å²) in [4.78, 5) is 31.2. The summed E-state index contributed by atoms with van der Waals surface area (Å²) < 4.78 is 0. The summed E-state index contributed by atoms with van der Waals surface area (Å²) in [7, 11) is 0. The molecule has 2 amide bonds. The number of aryl methyl sites for hydroxylation is 2. The number of carbonyl (C=O) groups excluding carboxylic acids is 2. The molecule has 1 aliphatic heterocycles. The Morgan fingerprint density at radius 3 is 2.65 bits per heavy atom. The maximum absolute atomic E-state index is 12.2. The van der Waals surface area contributed by atoms with Crippen LogP contribution < -0.4 is 10.6 Å². The molecule has 3 N–H and O–H groups in total. The Balaban J connectivity index is 1.67. The molecule has 1 atom stereocenters. The number of carbonyl (C=O) groups is 2. The van der Waals surface area contributed by atoms with Gasteiger partial charge in [-0.2, -0.15) is 0 Å². The molecule has 1 saturated heterocycles. The quantitative estimate of drug-likeness (QED) is 0.802. The van der Waals surface area contributed by atoms with Gasteiger partial charge in [-0.05, 0) is 38.1 Å². The molecule has 3 rings (SSSR count). The van der Waals surface area contributed by atoms with Crippen molar-refractivity contribution >= 4 is 29.3 Å². The number of thioether (sulfide) groups is 1. The molecule has 1 aromatic heterocycles. The van der Waals surface area contributed by atoms with Crippen molar-refractivity contribution in [2.45, 2.75) is 19.9 Å². The first-order valence-electron chi connectivity index (χ1n) is 7.34. The lowest BCUT2D eigenvalue weighted by molar-refractivity contribution is -0.124. The van der Waals surface area contributed by atoms with E-state index in [1.54, 1.807) is 0 Å². The molecule has 0 radical (unpaired) electrons. The van der Waals surface area contributed by atoms with E-state index in [-0.39, 0.29) is 11.8 Å². The molecule has 2 aromatic rings. The molecule has 1 fully saturated rings. The minimum Gasteiger partial charge on any atom is -0.343 e. The molecule has 6 nitrogen and oxygen atoms in total. The van der Waals surface area contributed by atoms with Crippen LogP contribution in [0.15, 0.2) is 24.3 Å². The lowest BCUT2D eigenvalue weighted by Gasteiger charge is -2.22. The Morgan fingerprint density at radius 2 is 2.04 bits per heavy atom. The van der Waals surface area contributed by atoms with E-state index in [4.69, 9.17) is 0 Å². The van der Waals surface area contributed by atoms with E-state index in [9.17, 15) is 9.59 Å². The van der Waals surface area contributed by atoms with Gasteiger partial charge >= 0.3 is 0 Å². The molecule has 1 aliphatic rings. The predicted octanol–water partition coefficient (Wildman–Crippen LogP) is 1.86. The maximum atomic E-state index is 12.2. The van der Waals surface area contributed by atoms with Crippen molar-refractivity contribution in [2.75, 3.05) is 16.8 Å². The van der Waals surface area contributed by atoms with Crippen LogP contribution in [0, 0.1) is 13.8 Å². The van der Waals surface area contributed by atoms with Gasteiger partial charge in [0.15, 0.2) is 0 Å². The number of hydrogen-bond acceptors (Lipinski definition) is 4. The summed E-state index contributed by atoms with van der Waals surface area (Å²) in [6, 6.07) is 7.00. The molecule has 1 aromatic carbocycles. The molecule has 0 bridgehead atoms. The highest BCUT2D eigenvalue weighted by molar-refractivity contribution is 8.00. The van der Waals surface area contributed by atoms with Gasteiger partial charge in [0.05, 0.1) is 11.4 Å². The third kappa shape index (κ3) is 3.56. The van der Waals surface area contributed by atoms with Gasteiger partial charge in [0, 0.05) is 22.7 Å². The minimum atomic E-state index is -0.476. The number of aromatic amines is 1. The largest absolute Gasteiger partial charge is 0.343 e. The fraction of sp³-hybridized carbons (Fsp3) is 0.312. The van der Waals surface area contributed by atoms with Crippen LogP contribution in [0.5, 0.6) is 0 Å². The van der Waals surface area contributed by atoms with Crippen LogP contribution in [0.1, 0.15) is 11.4 Å². The van der Waals surface area contributed by atoms with Gasteiger partial charge in [0.1, 0.15) is 11.9 Å². The fourth-order valence-corrected chi connectivity index (χ4v) is 3.17. The Hall–Kier alpha value is -2.28. The SMILES string of the molecule is Cc1nc(-c2ccc(NC(=O)[C@@H]3CSCC(=O)N3)cc2)[nH]c1C. The Bertz CT molecular complexity index is 720. The molecule has 0 aliphatic carbocycles. The van der Waals surface area contributed by atoms with E-state index in [0.29, 0.717) is 17.2 Å². The summed E-state index contributed by atoms with van der Waals surface area (Å²) in [6.45, 7) is 3.94. The summed E-state index contributed by atoms with van der Waals surface area (Å²) in [5, 5.41) is 5.53. The van der Waals surface area contributed by atoms with Crippen molar-refractivity contribution in [3.05, 3.63) is 35.7 Å². The molecule has 23 heavy (non-hydrogen) atoms. The molecule has 0 saturated carbocycles. The number of rotatable bonds is 3. The van der Waals surface area contributed by atoms with Gasteiger partial charge in [-0.15, -0.1) is 11.8 Å². The van der Waals surface area contributed by atoms with Crippen molar-refractivity contribution in [3.63, 3.8) is 0 Å². The van der Waals surface area contributed by atoms with Crippen LogP contribution in [-0.4, -0.2) is 39.3 Å². The average Bonchev–Trinajstić information content (AvgIpc) is 2.87. The zero-order chi connectivity index (χ0) is 16.4. The van der Waals surface area contributed by atoms with Crippen molar-refractivity contribution in [3.8, 4) is 11.4 Å². The van der Waals surface area contributed by atoms with E-state index >= 15 is 0 Å².